The highest BCUT2D eigenvalue weighted by atomic mass is 16.5. The summed E-state index contributed by atoms with van der Waals surface area (Å²) >= 11 is 0. The van der Waals surface area contributed by atoms with Crippen molar-refractivity contribution in [1.82, 2.24) is 15.1 Å². The maximum Gasteiger partial charge on any atom is 0.0742 e. The standard InChI is InChI=1S/C27H35N5O2/c1-21-18-29-30-27(21)23-7-5-6-22(16-23)19-33-14-3-4-15-34-20-24-17-25(28)8-9-26(24)32-12-10-31(2)11-13-32/h3-9,16-18H,10-15,19-20,28H2,1-2H3,(H,29,30)/b4-3+. The first-order valence-electron chi connectivity index (χ1n) is 11.8. The number of aryl methyl sites for hydroxylation is 1. The monoisotopic (exact) mass is 461 g/mol. The van der Waals surface area contributed by atoms with E-state index in [-0.39, 0.29) is 0 Å². The van der Waals surface area contributed by atoms with Gasteiger partial charge in [0.1, 0.15) is 0 Å². The summed E-state index contributed by atoms with van der Waals surface area (Å²) in [5.41, 5.74) is 13.6. The molecule has 1 fully saturated rings. The number of ether oxygens (including phenoxy) is 2. The molecule has 0 unspecified atom stereocenters. The van der Waals surface area contributed by atoms with Crippen molar-refractivity contribution >= 4 is 11.4 Å². The average molecular weight is 462 g/mol. The highest BCUT2D eigenvalue weighted by Gasteiger charge is 2.17. The Morgan fingerprint density at radius 3 is 2.50 bits per heavy atom. The van der Waals surface area contributed by atoms with Crippen molar-refractivity contribution in [1.29, 1.82) is 0 Å². The lowest BCUT2D eigenvalue weighted by molar-refractivity contribution is 0.140. The minimum atomic E-state index is 0.537. The number of nitrogens with two attached hydrogens (primary N) is 1. The van der Waals surface area contributed by atoms with Gasteiger partial charge < -0.3 is 25.0 Å². The van der Waals surface area contributed by atoms with Gasteiger partial charge in [-0.05, 0) is 49.4 Å². The van der Waals surface area contributed by atoms with Gasteiger partial charge in [-0.3, -0.25) is 5.10 Å². The summed E-state index contributed by atoms with van der Waals surface area (Å²) in [4.78, 5) is 4.78. The van der Waals surface area contributed by atoms with Crippen LogP contribution in [-0.4, -0.2) is 61.5 Å². The van der Waals surface area contributed by atoms with E-state index in [1.165, 1.54) is 5.69 Å². The number of H-pyrrole nitrogens is 1. The summed E-state index contributed by atoms with van der Waals surface area (Å²) in [5.74, 6) is 0. The van der Waals surface area contributed by atoms with Crippen LogP contribution in [0.3, 0.4) is 0 Å². The number of anilines is 2. The molecule has 0 radical (unpaired) electrons. The van der Waals surface area contributed by atoms with E-state index in [2.05, 4.69) is 58.2 Å². The Hall–Kier alpha value is -3.13. The van der Waals surface area contributed by atoms with E-state index in [4.69, 9.17) is 15.2 Å². The third kappa shape index (κ3) is 6.47. The second-order valence-corrected chi connectivity index (χ2v) is 8.81. The molecule has 3 aromatic rings. The van der Waals surface area contributed by atoms with Gasteiger partial charge in [-0.15, -0.1) is 0 Å². The molecule has 1 aliphatic rings. The lowest BCUT2D eigenvalue weighted by Gasteiger charge is -2.35. The zero-order valence-electron chi connectivity index (χ0n) is 20.2. The number of aromatic amines is 1. The molecule has 180 valence electrons. The largest absolute Gasteiger partial charge is 0.399 e. The van der Waals surface area contributed by atoms with Crippen molar-refractivity contribution < 1.29 is 9.47 Å². The van der Waals surface area contributed by atoms with Crippen molar-refractivity contribution in [3.63, 3.8) is 0 Å². The molecular weight excluding hydrogens is 426 g/mol. The summed E-state index contributed by atoms with van der Waals surface area (Å²) in [6.45, 7) is 8.41. The Bertz CT molecular complexity index is 1090. The second kappa shape index (κ2) is 11.8. The SMILES string of the molecule is Cc1cn[nH]c1-c1cccc(COC/C=C/COCc2cc(N)ccc2N2CCN(C)CC2)c1. The summed E-state index contributed by atoms with van der Waals surface area (Å²) in [6.07, 6.45) is 5.85. The number of aromatic nitrogens is 2. The van der Waals surface area contributed by atoms with E-state index < -0.39 is 0 Å². The number of piperazine rings is 1. The molecule has 0 spiro atoms. The molecule has 0 amide bonds. The first-order valence-corrected chi connectivity index (χ1v) is 11.8. The third-order valence-electron chi connectivity index (χ3n) is 6.11. The van der Waals surface area contributed by atoms with Crippen molar-refractivity contribution in [3.8, 4) is 11.3 Å². The Balaban J connectivity index is 1.20. The molecule has 1 aliphatic heterocycles. The fourth-order valence-corrected chi connectivity index (χ4v) is 4.15. The number of likely N-dealkylation sites (N-methyl/N-ethyl adjacent to an activating group) is 1. The van der Waals surface area contributed by atoms with Crippen LogP contribution in [-0.2, 0) is 22.7 Å². The topological polar surface area (TPSA) is 79.6 Å². The van der Waals surface area contributed by atoms with E-state index in [1.807, 2.05) is 36.5 Å². The molecule has 7 heteroatoms. The quantitative estimate of drug-likeness (QED) is 0.270. The maximum atomic E-state index is 6.04. The van der Waals surface area contributed by atoms with Gasteiger partial charge in [0.15, 0.2) is 0 Å². The number of nitrogens with zero attached hydrogens (tertiary/aromatic N) is 3. The molecule has 0 atom stereocenters. The lowest BCUT2D eigenvalue weighted by atomic mass is 10.1. The van der Waals surface area contributed by atoms with Crippen LogP contribution in [0.1, 0.15) is 16.7 Å². The first kappa shape index (κ1) is 24.0. The minimum Gasteiger partial charge on any atom is -0.399 e. The Morgan fingerprint density at radius 2 is 1.76 bits per heavy atom. The lowest BCUT2D eigenvalue weighted by Crippen LogP contribution is -2.44. The summed E-state index contributed by atoms with van der Waals surface area (Å²) in [6, 6.07) is 14.5. The minimum absolute atomic E-state index is 0.537. The van der Waals surface area contributed by atoms with Crippen molar-refractivity contribution in [3.05, 3.63) is 77.5 Å². The van der Waals surface area contributed by atoms with Crippen molar-refractivity contribution in [2.24, 2.45) is 0 Å². The fraction of sp³-hybridized carbons (Fsp3) is 0.370. The Labute approximate surface area is 202 Å². The van der Waals surface area contributed by atoms with Gasteiger partial charge in [0.2, 0.25) is 0 Å². The molecule has 2 heterocycles. The second-order valence-electron chi connectivity index (χ2n) is 8.81. The normalized spacial score (nSPS) is 14.8. The van der Waals surface area contributed by atoms with Crippen LogP contribution in [0.25, 0.3) is 11.3 Å². The van der Waals surface area contributed by atoms with Crippen LogP contribution in [0.5, 0.6) is 0 Å². The average Bonchev–Trinajstić information content (AvgIpc) is 3.27. The van der Waals surface area contributed by atoms with Crippen LogP contribution in [0.2, 0.25) is 0 Å². The van der Waals surface area contributed by atoms with E-state index in [1.54, 1.807) is 0 Å². The molecule has 1 aromatic heterocycles. The highest BCUT2D eigenvalue weighted by Crippen LogP contribution is 2.25. The molecule has 0 saturated carbocycles. The summed E-state index contributed by atoms with van der Waals surface area (Å²) in [7, 11) is 2.17. The number of hydrogen-bond acceptors (Lipinski definition) is 6. The number of nitrogen functional groups attached to an aromatic ring is 1. The van der Waals surface area contributed by atoms with Crippen molar-refractivity contribution in [2.45, 2.75) is 20.1 Å². The smallest absolute Gasteiger partial charge is 0.0742 e. The third-order valence-corrected chi connectivity index (χ3v) is 6.11. The molecule has 7 nitrogen and oxygen atoms in total. The van der Waals surface area contributed by atoms with Gasteiger partial charge in [0.05, 0.1) is 38.3 Å². The van der Waals surface area contributed by atoms with E-state index in [0.717, 1.165) is 59.8 Å². The highest BCUT2D eigenvalue weighted by molar-refractivity contribution is 5.63. The molecule has 1 saturated heterocycles. The van der Waals surface area contributed by atoms with E-state index in [9.17, 15) is 0 Å². The van der Waals surface area contributed by atoms with Gasteiger partial charge in [0, 0.05) is 48.7 Å². The van der Waals surface area contributed by atoms with E-state index in [0.29, 0.717) is 26.4 Å². The van der Waals surface area contributed by atoms with Crippen LogP contribution in [0, 0.1) is 6.92 Å². The van der Waals surface area contributed by atoms with Crippen LogP contribution in [0.15, 0.2) is 60.8 Å². The number of nitrogens with one attached hydrogen (secondary N) is 1. The number of hydrogen-bond donors (Lipinski definition) is 2. The molecule has 2 aromatic carbocycles. The van der Waals surface area contributed by atoms with Gasteiger partial charge in [0.25, 0.3) is 0 Å². The number of benzene rings is 2. The molecule has 0 bridgehead atoms. The zero-order valence-corrected chi connectivity index (χ0v) is 20.2. The van der Waals surface area contributed by atoms with Gasteiger partial charge in [-0.2, -0.15) is 5.10 Å². The molecule has 3 N–H and O–H groups in total. The summed E-state index contributed by atoms with van der Waals surface area (Å²) in [5, 5.41) is 7.16. The molecule has 34 heavy (non-hydrogen) atoms. The Kier molecular flexibility index (Phi) is 8.36. The Morgan fingerprint density at radius 1 is 1.00 bits per heavy atom. The van der Waals surface area contributed by atoms with Gasteiger partial charge >= 0.3 is 0 Å². The summed E-state index contributed by atoms with van der Waals surface area (Å²) < 4.78 is 11.7. The zero-order chi connectivity index (χ0) is 23.8. The molecule has 0 aliphatic carbocycles. The van der Waals surface area contributed by atoms with Crippen LogP contribution in [0.4, 0.5) is 11.4 Å². The fourth-order valence-electron chi connectivity index (χ4n) is 4.15. The van der Waals surface area contributed by atoms with Crippen molar-refractivity contribution in [2.75, 3.05) is 57.1 Å². The maximum absolute atomic E-state index is 6.04. The van der Waals surface area contributed by atoms with Crippen LogP contribution < -0.4 is 10.6 Å². The van der Waals surface area contributed by atoms with Gasteiger partial charge in [-0.1, -0.05) is 30.4 Å². The van der Waals surface area contributed by atoms with E-state index >= 15 is 0 Å². The molecular formula is C27H35N5O2. The molecule has 4 rings (SSSR count). The first-order chi connectivity index (χ1) is 16.6. The van der Waals surface area contributed by atoms with Crippen LogP contribution >= 0.6 is 0 Å². The van der Waals surface area contributed by atoms with Gasteiger partial charge in [-0.25, -0.2) is 0 Å². The number of rotatable bonds is 10. The predicted octanol–water partition coefficient (Wildman–Crippen LogP) is 4.01. The predicted molar refractivity (Wildman–Crippen MR) is 138 cm³/mol.